The zero-order valence-electron chi connectivity index (χ0n) is 13.3. The van der Waals surface area contributed by atoms with Crippen LogP contribution < -0.4 is 5.73 Å². The Bertz CT molecular complexity index is 769. The van der Waals surface area contributed by atoms with Crippen LogP contribution in [0.2, 0.25) is 0 Å². The van der Waals surface area contributed by atoms with Gasteiger partial charge in [0.2, 0.25) is 0 Å². The second-order valence-corrected chi connectivity index (χ2v) is 5.78. The molecule has 2 heterocycles. The monoisotopic (exact) mass is 293 g/mol. The van der Waals surface area contributed by atoms with Crippen LogP contribution in [-0.4, -0.2) is 15.9 Å². The Kier molecular flexibility index (Phi) is 4.25. The highest BCUT2D eigenvalue weighted by molar-refractivity contribution is 5.67. The largest absolute Gasteiger partial charge is 0.330 e. The minimum Gasteiger partial charge on any atom is -0.330 e. The number of rotatable bonds is 5. The molecule has 3 aromatic rings. The Labute approximate surface area is 131 Å². The van der Waals surface area contributed by atoms with Crippen molar-refractivity contribution in [3.8, 4) is 11.3 Å². The Morgan fingerprint density at radius 1 is 1.14 bits per heavy atom. The van der Waals surface area contributed by atoms with E-state index in [1.165, 1.54) is 22.4 Å². The molecule has 0 amide bonds. The summed E-state index contributed by atoms with van der Waals surface area (Å²) in [5.74, 6) is 0. The second kappa shape index (κ2) is 6.32. The van der Waals surface area contributed by atoms with E-state index in [0.29, 0.717) is 6.54 Å². The van der Waals surface area contributed by atoms with E-state index in [4.69, 9.17) is 10.7 Å². The van der Waals surface area contributed by atoms with Crippen molar-refractivity contribution in [2.75, 3.05) is 6.54 Å². The van der Waals surface area contributed by atoms with Gasteiger partial charge in [-0.05, 0) is 56.0 Å². The molecule has 0 unspecified atom stereocenters. The van der Waals surface area contributed by atoms with Crippen LogP contribution >= 0.6 is 0 Å². The molecule has 0 saturated carbocycles. The number of hydrogen-bond donors (Lipinski definition) is 1. The SMILES string of the molecule is CCc1ccc(-c2nc3cc(C)ccn3c2CCCN)cc1. The molecular formula is C19H23N3. The first kappa shape index (κ1) is 14.8. The van der Waals surface area contributed by atoms with Gasteiger partial charge in [-0.3, -0.25) is 0 Å². The maximum atomic E-state index is 5.71. The lowest BCUT2D eigenvalue weighted by Crippen LogP contribution is -2.03. The first-order valence-corrected chi connectivity index (χ1v) is 8.00. The fraction of sp³-hybridized carbons (Fsp3) is 0.316. The summed E-state index contributed by atoms with van der Waals surface area (Å²) in [4.78, 5) is 4.87. The Hall–Kier alpha value is -2.13. The molecule has 0 aliphatic heterocycles. The predicted molar refractivity (Wildman–Crippen MR) is 92.1 cm³/mol. The van der Waals surface area contributed by atoms with Gasteiger partial charge in [0.25, 0.3) is 0 Å². The maximum Gasteiger partial charge on any atom is 0.137 e. The van der Waals surface area contributed by atoms with Gasteiger partial charge in [0, 0.05) is 11.8 Å². The average molecular weight is 293 g/mol. The summed E-state index contributed by atoms with van der Waals surface area (Å²) in [7, 11) is 0. The number of nitrogens with two attached hydrogens (primary N) is 1. The van der Waals surface area contributed by atoms with E-state index in [1.807, 2.05) is 0 Å². The molecule has 0 fully saturated rings. The highest BCUT2D eigenvalue weighted by Gasteiger charge is 2.13. The van der Waals surface area contributed by atoms with Crippen LogP contribution in [0.4, 0.5) is 0 Å². The predicted octanol–water partition coefficient (Wildman–Crippen LogP) is 3.76. The van der Waals surface area contributed by atoms with Crippen molar-refractivity contribution in [2.45, 2.75) is 33.1 Å². The number of pyridine rings is 1. The number of imidazole rings is 1. The molecule has 0 spiro atoms. The molecule has 0 saturated heterocycles. The molecule has 0 atom stereocenters. The van der Waals surface area contributed by atoms with Gasteiger partial charge in [-0.25, -0.2) is 4.98 Å². The first-order chi connectivity index (χ1) is 10.7. The minimum atomic E-state index is 0.702. The number of benzene rings is 1. The van der Waals surface area contributed by atoms with Crippen LogP contribution in [0.15, 0.2) is 42.6 Å². The molecule has 22 heavy (non-hydrogen) atoms. The molecule has 2 aromatic heterocycles. The van der Waals surface area contributed by atoms with Crippen molar-refractivity contribution in [3.05, 3.63) is 59.4 Å². The van der Waals surface area contributed by atoms with Gasteiger partial charge in [0.05, 0.1) is 11.4 Å². The summed E-state index contributed by atoms with van der Waals surface area (Å²) in [6.45, 7) is 4.98. The van der Waals surface area contributed by atoms with E-state index in [1.54, 1.807) is 0 Å². The zero-order valence-corrected chi connectivity index (χ0v) is 13.3. The summed E-state index contributed by atoms with van der Waals surface area (Å²) in [5, 5.41) is 0. The lowest BCUT2D eigenvalue weighted by Gasteiger charge is -2.06. The summed E-state index contributed by atoms with van der Waals surface area (Å²) < 4.78 is 2.20. The lowest BCUT2D eigenvalue weighted by molar-refractivity contribution is 0.804. The normalized spacial score (nSPS) is 11.2. The Morgan fingerprint density at radius 2 is 1.91 bits per heavy atom. The van der Waals surface area contributed by atoms with E-state index >= 15 is 0 Å². The summed E-state index contributed by atoms with van der Waals surface area (Å²) in [5.41, 5.74) is 12.8. The Balaban J connectivity index is 2.13. The van der Waals surface area contributed by atoms with Crippen molar-refractivity contribution in [1.82, 2.24) is 9.38 Å². The maximum absolute atomic E-state index is 5.71. The second-order valence-electron chi connectivity index (χ2n) is 5.78. The van der Waals surface area contributed by atoms with Crippen molar-refractivity contribution in [2.24, 2.45) is 5.73 Å². The molecule has 3 nitrogen and oxygen atoms in total. The smallest absolute Gasteiger partial charge is 0.137 e. The number of hydrogen-bond acceptors (Lipinski definition) is 2. The van der Waals surface area contributed by atoms with Crippen LogP contribution in [0.3, 0.4) is 0 Å². The van der Waals surface area contributed by atoms with E-state index in [2.05, 4.69) is 60.8 Å². The zero-order chi connectivity index (χ0) is 15.5. The molecule has 0 bridgehead atoms. The minimum absolute atomic E-state index is 0.702. The number of aryl methyl sites for hydroxylation is 3. The van der Waals surface area contributed by atoms with E-state index in [9.17, 15) is 0 Å². The van der Waals surface area contributed by atoms with E-state index < -0.39 is 0 Å². The van der Waals surface area contributed by atoms with Crippen molar-refractivity contribution in [3.63, 3.8) is 0 Å². The van der Waals surface area contributed by atoms with Gasteiger partial charge >= 0.3 is 0 Å². The number of aromatic nitrogens is 2. The highest BCUT2D eigenvalue weighted by Crippen LogP contribution is 2.26. The molecule has 2 N–H and O–H groups in total. The number of nitrogens with zero attached hydrogens (tertiary/aromatic N) is 2. The fourth-order valence-corrected chi connectivity index (χ4v) is 2.84. The third-order valence-corrected chi connectivity index (χ3v) is 4.13. The van der Waals surface area contributed by atoms with Gasteiger partial charge in [0.15, 0.2) is 0 Å². The van der Waals surface area contributed by atoms with Crippen molar-refractivity contribution >= 4 is 5.65 Å². The van der Waals surface area contributed by atoms with Gasteiger partial charge in [-0.15, -0.1) is 0 Å². The van der Waals surface area contributed by atoms with Crippen molar-refractivity contribution < 1.29 is 0 Å². The molecule has 3 heteroatoms. The summed E-state index contributed by atoms with van der Waals surface area (Å²) in [6.07, 6.45) is 5.10. The van der Waals surface area contributed by atoms with E-state index in [-0.39, 0.29) is 0 Å². The molecule has 0 aliphatic rings. The fourth-order valence-electron chi connectivity index (χ4n) is 2.84. The van der Waals surface area contributed by atoms with Gasteiger partial charge < -0.3 is 10.1 Å². The molecule has 3 rings (SSSR count). The van der Waals surface area contributed by atoms with Gasteiger partial charge in [-0.1, -0.05) is 31.2 Å². The quantitative estimate of drug-likeness (QED) is 0.778. The van der Waals surface area contributed by atoms with Crippen LogP contribution in [0.25, 0.3) is 16.9 Å². The van der Waals surface area contributed by atoms with Crippen LogP contribution in [0, 0.1) is 6.92 Å². The molecular weight excluding hydrogens is 270 g/mol. The third kappa shape index (κ3) is 2.77. The highest BCUT2D eigenvalue weighted by atomic mass is 15.0. The molecule has 0 aliphatic carbocycles. The third-order valence-electron chi connectivity index (χ3n) is 4.13. The van der Waals surface area contributed by atoms with E-state index in [0.717, 1.165) is 30.6 Å². The summed E-state index contributed by atoms with van der Waals surface area (Å²) >= 11 is 0. The van der Waals surface area contributed by atoms with Crippen LogP contribution in [-0.2, 0) is 12.8 Å². The van der Waals surface area contributed by atoms with Gasteiger partial charge in [-0.2, -0.15) is 0 Å². The van der Waals surface area contributed by atoms with Crippen LogP contribution in [0.1, 0.15) is 30.2 Å². The Morgan fingerprint density at radius 3 is 2.59 bits per heavy atom. The molecule has 0 radical (unpaired) electrons. The van der Waals surface area contributed by atoms with Crippen molar-refractivity contribution in [1.29, 1.82) is 0 Å². The molecule has 114 valence electrons. The first-order valence-electron chi connectivity index (χ1n) is 8.00. The summed E-state index contributed by atoms with van der Waals surface area (Å²) in [6, 6.07) is 13.0. The average Bonchev–Trinajstić information content (AvgIpc) is 2.90. The topological polar surface area (TPSA) is 43.3 Å². The van der Waals surface area contributed by atoms with Gasteiger partial charge in [0.1, 0.15) is 5.65 Å². The number of fused-ring (bicyclic) bond motifs is 1. The van der Waals surface area contributed by atoms with Crippen LogP contribution in [0.5, 0.6) is 0 Å². The standard InChI is InChI=1S/C19H23N3/c1-3-15-6-8-16(9-7-15)19-17(5-4-11-20)22-12-10-14(2)13-18(22)21-19/h6-10,12-13H,3-5,11,20H2,1-2H3. The molecule has 1 aromatic carbocycles. The lowest BCUT2D eigenvalue weighted by atomic mass is 10.0.